The molecule has 0 aromatic heterocycles. The lowest BCUT2D eigenvalue weighted by Crippen LogP contribution is -2.42. The highest BCUT2D eigenvalue weighted by atomic mass is 35.5. The fourth-order valence-electron chi connectivity index (χ4n) is 4.24. The van der Waals surface area contributed by atoms with Gasteiger partial charge in [-0.1, -0.05) is 44.7 Å². The average molecular weight is 334 g/mol. The molecule has 2 unspecified atom stereocenters. The number of amides is 1. The number of rotatable bonds is 7. The Hall–Kier alpha value is -1.35. The third kappa shape index (κ3) is 2.32. The summed E-state index contributed by atoms with van der Waals surface area (Å²) in [6.45, 7) is 4.21. The van der Waals surface area contributed by atoms with E-state index in [9.17, 15) is 9.59 Å². The van der Waals surface area contributed by atoms with Gasteiger partial charge in [-0.2, -0.15) is 0 Å². The Kier molecular flexibility index (Phi) is 4.26. The van der Waals surface area contributed by atoms with Crippen molar-refractivity contribution in [2.45, 2.75) is 64.2 Å². The number of unbranched alkanes of at least 4 members (excludes halogenated alkanes) is 2. The van der Waals surface area contributed by atoms with Gasteiger partial charge in [0.15, 0.2) is 0 Å². The third-order valence-corrected chi connectivity index (χ3v) is 5.82. The average Bonchev–Trinajstić information content (AvgIpc) is 3.24. The Morgan fingerprint density at radius 2 is 2.00 bits per heavy atom. The Bertz CT molecular complexity index is 657. The van der Waals surface area contributed by atoms with E-state index in [0.717, 1.165) is 43.4 Å². The van der Waals surface area contributed by atoms with Gasteiger partial charge in [-0.25, -0.2) is 0 Å². The van der Waals surface area contributed by atoms with Crippen LogP contribution in [0.5, 0.6) is 0 Å². The molecule has 1 N–H and O–H groups in total. The van der Waals surface area contributed by atoms with Crippen molar-refractivity contribution in [1.82, 2.24) is 0 Å². The van der Waals surface area contributed by atoms with E-state index in [1.165, 1.54) is 0 Å². The summed E-state index contributed by atoms with van der Waals surface area (Å²) < 4.78 is 0. The molecule has 2 atom stereocenters. The van der Waals surface area contributed by atoms with Crippen LogP contribution in [-0.4, -0.2) is 11.7 Å². The van der Waals surface area contributed by atoms with Gasteiger partial charge < -0.3 is 5.32 Å². The Balaban J connectivity index is 2.04. The number of fused-ring (bicyclic) bond motifs is 3. The minimum Gasteiger partial charge on any atom is -0.325 e. The first-order valence-corrected chi connectivity index (χ1v) is 9.04. The van der Waals surface area contributed by atoms with E-state index in [4.69, 9.17) is 11.6 Å². The van der Waals surface area contributed by atoms with E-state index in [2.05, 4.69) is 19.2 Å². The summed E-state index contributed by atoms with van der Waals surface area (Å²) in [6, 6.07) is 5.60. The van der Waals surface area contributed by atoms with Gasteiger partial charge in [-0.15, -0.1) is 0 Å². The number of hydrogen-bond donors (Lipinski definition) is 1. The number of Topliss-reactive ketones (excluding diaryl/α,β-unsaturated/α-hetero) is 1. The van der Waals surface area contributed by atoms with Gasteiger partial charge in [0.2, 0.25) is 5.91 Å². The second kappa shape index (κ2) is 5.94. The van der Waals surface area contributed by atoms with Crippen molar-refractivity contribution in [2.24, 2.45) is 5.41 Å². The first-order valence-electron chi connectivity index (χ1n) is 8.66. The number of anilines is 1. The van der Waals surface area contributed by atoms with Gasteiger partial charge in [0.25, 0.3) is 0 Å². The maximum atomic E-state index is 12.9. The van der Waals surface area contributed by atoms with Crippen molar-refractivity contribution in [3.05, 3.63) is 28.8 Å². The fraction of sp³-hybridized carbons (Fsp3) is 0.579. The molecule has 1 aliphatic heterocycles. The van der Waals surface area contributed by atoms with Crippen molar-refractivity contribution >= 4 is 29.0 Å². The second-order valence-electron chi connectivity index (χ2n) is 6.94. The molecule has 3 nitrogen and oxygen atoms in total. The molecule has 1 amide bonds. The predicted octanol–water partition coefficient (Wildman–Crippen LogP) is 4.87. The zero-order valence-electron chi connectivity index (χ0n) is 13.9. The number of halogens is 1. The first-order chi connectivity index (χ1) is 11.0. The number of benzene rings is 1. The number of nitrogens with one attached hydrogen (secondary N) is 1. The zero-order chi connectivity index (χ0) is 16.7. The van der Waals surface area contributed by atoms with Crippen molar-refractivity contribution in [2.75, 3.05) is 5.32 Å². The minimum absolute atomic E-state index is 0.107. The number of carbonyl (C=O) groups is 2. The molecule has 1 aromatic carbocycles. The van der Waals surface area contributed by atoms with E-state index >= 15 is 0 Å². The van der Waals surface area contributed by atoms with Gasteiger partial charge in [0, 0.05) is 22.5 Å². The molecule has 1 saturated carbocycles. The van der Waals surface area contributed by atoms with Crippen LogP contribution in [0.25, 0.3) is 0 Å². The first kappa shape index (κ1) is 16.5. The number of carbonyl (C=O) groups excluding carboxylic acids is 2. The molecule has 23 heavy (non-hydrogen) atoms. The topological polar surface area (TPSA) is 46.2 Å². The van der Waals surface area contributed by atoms with Crippen LogP contribution in [0.2, 0.25) is 5.02 Å². The van der Waals surface area contributed by atoms with Crippen LogP contribution in [0, 0.1) is 5.41 Å². The van der Waals surface area contributed by atoms with Crippen LogP contribution in [0.4, 0.5) is 5.69 Å². The molecule has 124 valence electrons. The van der Waals surface area contributed by atoms with Gasteiger partial charge in [-0.05, 0) is 43.0 Å². The standard InChI is InChI=1S/C19H24ClNO2/c1-3-5-7-16(22)19-12-18(19,10-6-4-2)14-11-13(20)8-9-15(14)21-17(19)23/h8-9,11H,3-7,10,12H2,1-2H3,(H,21,23). The minimum atomic E-state index is -0.852. The molecule has 1 heterocycles. The summed E-state index contributed by atoms with van der Waals surface area (Å²) in [5.41, 5.74) is 0.695. The van der Waals surface area contributed by atoms with Crippen molar-refractivity contribution in [3.63, 3.8) is 0 Å². The zero-order valence-corrected chi connectivity index (χ0v) is 14.6. The molecule has 3 rings (SSSR count). The third-order valence-electron chi connectivity index (χ3n) is 5.58. The van der Waals surface area contributed by atoms with Crippen molar-refractivity contribution in [3.8, 4) is 0 Å². The summed E-state index contributed by atoms with van der Waals surface area (Å²) >= 11 is 6.20. The van der Waals surface area contributed by atoms with Crippen LogP contribution in [0.15, 0.2) is 18.2 Å². The second-order valence-corrected chi connectivity index (χ2v) is 7.37. The van der Waals surface area contributed by atoms with Crippen molar-refractivity contribution in [1.29, 1.82) is 0 Å². The molecule has 4 heteroatoms. The molecule has 1 aliphatic carbocycles. The van der Waals surface area contributed by atoms with Crippen LogP contribution in [0.3, 0.4) is 0 Å². The highest BCUT2D eigenvalue weighted by molar-refractivity contribution is 6.31. The Labute approximate surface area is 142 Å². The van der Waals surface area contributed by atoms with E-state index in [1.807, 2.05) is 12.1 Å². The van der Waals surface area contributed by atoms with Crippen LogP contribution < -0.4 is 5.32 Å². The van der Waals surface area contributed by atoms with Crippen LogP contribution >= 0.6 is 11.6 Å². The maximum Gasteiger partial charge on any atom is 0.239 e. The molecule has 0 bridgehead atoms. The Morgan fingerprint density at radius 1 is 1.26 bits per heavy atom. The molecule has 1 aromatic rings. The SMILES string of the molecule is CCCCC(=O)C12CC1(CCCC)c1cc(Cl)ccc1NC2=O. The highest BCUT2D eigenvalue weighted by Crippen LogP contribution is 2.71. The van der Waals surface area contributed by atoms with Gasteiger partial charge >= 0.3 is 0 Å². The summed E-state index contributed by atoms with van der Waals surface area (Å²) in [5, 5.41) is 3.62. The predicted molar refractivity (Wildman–Crippen MR) is 92.9 cm³/mol. The van der Waals surface area contributed by atoms with Crippen molar-refractivity contribution < 1.29 is 9.59 Å². The number of ketones is 1. The van der Waals surface area contributed by atoms with E-state index in [0.29, 0.717) is 17.9 Å². The van der Waals surface area contributed by atoms with Gasteiger partial charge in [0.1, 0.15) is 11.2 Å². The maximum absolute atomic E-state index is 12.9. The Morgan fingerprint density at radius 3 is 2.70 bits per heavy atom. The summed E-state index contributed by atoms with van der Waals surface area (Å²) in [5.74, 6) is 0.00288. The molecular weight excluding hydrogens is 310 g/mol. The van der Waals surface area contributed by atoms with Gasteiger partial charge in [-0.3, -0.25) is 9.59 Å². The molecular formula is C19H24ClNO2. The smallest absolute Gasteiger partial charge is 0.239 e. The van der Waals surface area contributed by atoms with E-state index in [-0.39, 0.29) is 17.1 Å². The normalized spacial score (nSPS) is 27.9. The van der Waals surface area contributed by atoms with Crippen LogP contribution in [-0.2, 0) is 15.0 Å². The fourth-order valence-corrected chi connectivity index (χ4v) is 4.41. The molecule has 0 radical (unpaired) electrons. The van der Waals surface area contributed by atoms with E-state index < -0.39 is 5.41 Å². The molecule has 0 spiro atoms. The summed E-state index contributed by atoms with van der Waals surface area (Å²) in [7, 11) is 0. The highest BCUT2D eigenvalue weighted by Gasteiger charge is 2.77. The monoisotopic (exact) mass is 333 g/mol. The van der Waals surface area contributed by atoms with E-state index in [1.54, 1.807) is 6.07 Å². The lowest BCUT2D eigenvalue weighted by Gasteiger charge is -2.32. The molecule has 2 aliphatic rings. The molecule has 0 saturated heterocycles. The largest absolute Gasteiger partial charge is 0.325 e. The number of hydrogen-bond acceptors (Lipinski definition) is 2. The summed E-state index contributed by atoms with van der Waals surface area (Å²) in [6.07, 6.45) is 5.89. The molecule has 1 fully saturated rings. The summed E-state index contributed by atoms with van der Waals surface area (Å²) in [4.78, 5) is 25.7. The lowest BCUT2D eigenvalue weighted by atomic mass is 9.75. The van der Waals surface area contributed by atoms with Crippen LogP contribution in [0.1, 0.15) is 64.4 Å². The quantitative estimate of drug-likeness (QED) is 0.723. The lowest BCUT2D eigenvalue weighted by molar-refractivity contribution is -0.134. The van der Waals surface area contributed by atoms with Gasteiger partial charge in [0.05, 0.1) is 0 Å².